The minimum Gasteiger partial charge on any atom is -0.504 e. The van der Waals surface area contributed by atoms with E-state index in [9.17, 15) is 9.90 Å². The molecule has 0 aliphatic heterocycles. The first kappa shape index (κ1) is 14.2. The number of aromatic hydroxyl groups is 1. The maximum atomic E-state index is 12.1. The molecule has 1 aliphatic carbocycles. The quantitative estimate of drug-likeness (QED) is 0.790. The van der Waals surface area contributed by atoms with Gasteiger partial charge in [0.1, 0.15) is 0 Å². The smallest absolute Gasteiger partial charge is 0.255 e. The summed E-state index contributed by atoms with van der Waals surface area (Å²) in [6.45, 7) is 0.661. The lowest BCUT2D eigenvalue weighted by Crippen LogP contribution is -2.30. The molecule has 1 aliphatic rings. The van der Waals surface area contributed by atoms with Crippen LogP contribution in [0.1, 0.15) is 29.6 Å². The van der Waals surface area contributed by atoms with Gasteiger partial charge < -0.3 is 15.2 Å². The number of halogens is 1. The summed E-state index contributed by atoms with van der Waals surface area (Å²) in [4.78, 5) is 12.1. The van der Waals surface area contributed by atoms with Gasteiger partial charge in [0, 0.05) is 11.9 Å². The highest BCUT2D eigenvalue weighted by molar-refractivity contribution is 9.09. The fourth-order valence-electron chi connectivity index (χ4n) is 2.13. The van der Waals surface area contributed by atoms with Gasteiger partial charge in [-0.1, -0.05) is 22.0 Å². The highest BCUT2D eigenvalue weighted by Gasteiger charge is 2.41. The number of rotatable bonds is 6. The molecule has 2 rings (SSSR count). The molecule has 0 bridgehead atoms. The molecule has 1 aromatic carbocycles. The van der Waals surface area contributed by atoms with Crippen LogP contribution >= 0.6 is 15.9 Å². The third kappa shape index (κ3) is 3.21. The summed E-state index contributed by atoms with van der Waals surface area (Å²) < 4.78 is 5.00. The molecule has 4 nitrogen and oxygen atoms in total. The highest BCUT2D eigenvalue weighted by atomic mass is 79.9. The Morgan fingerprint density at radius 1 is 1.53 bits per heavy atom. The van der Waals surface area contributed by atoms with E-state index in [4.69, 9.17) is 4.74 Å². The molecule has 0 heterocycles. The number of carbonyl (C=O) groups is 1. The lowest BCUT2D eigenvalue weighted by molar-refractivity contribution is 0.0941. The minimum absolute atomic E-state index is 0.104. The lowest BCUT2D eigenvalue weighted by Gasteiger charge is -2.15. The van der Waals surface area contributed by atoms with Crippen LogP contribution in [-0.2, 0) is 0 Å². The number of amides is 1. The number of nitrogens with one attached hydrogen (secondary N) is 1. The molecule has 0 radical (unpaired) electrons. The molecule has 1 saturated carbocycles. The topological polar surface area (TPSA) is 58.6 Å². The molecular formula is C14H18BrNO3. The van der Waals surface area contributed by atoms with Crippen molar-refractivity contribution in [2.75, 3.05) is 19.0 Å². The van der Waals surface area contributed by atoms with Gasteiger partial charge in [-0.2, -0.15) is 0 Å². The molecule has 1 fully saturated rings. The second-order valence-electron chi connectivity index (χ2n) is 4.98. The minimum atomic E-state index is -0.253. The van der Waals surface area contributed by atoms with E-state index in [0.29, 0.717) is 12.3 Å². The number of hydrogen-bond acceptors (Lipinski definition) is 3. The Labute approximate surface area is 121 Å². The molecule has 0 aromatic heterocycles. The summed E-state index contributed by atoms with van der Waals surface area (Å²) >= 11 is 3.44. The van der Waals surface area contributed by atoms with Crippen molar-refractivity contribution in [3.8, 4) is 11.5 Å². The third-order valence-corrected chi connectivity index (χ3v) is 4.07. The van der Waals surface area contributed by atoms with Gasteiger partial charge in [0.2, 0.25) is 0 Å². The van der Waals surface area contributed by atoms with Crippen LogP contribution in [0.2, 0.25) is 0 Å². The maximum Gasteiger partial charge on any atom is 0.255 e. The SMILES string of the molecule is COc1cccc(C(=O)NCC2(CCBr)CC2)c1O. The summed E-state index contributed by atoms with van der Waals surface area (Å²) in [7, 11) is 1.46. The Morgan fingerprint density at radius 2 is 2.26 bits per heavy atom. The monoisotopic (exact) mass is 327 g/mol. The maximum absolute atomic E-state index is 12.1. The van der Waals surface area contributed by atoms with Crippen molar-refractivity contribution >= 4 is 21.8 Å². The number of benzene rings is 1. The number of ether oxygens (including phenoxy) is 1. The van der Waals surface area contributed by atoms with Crippen molar-refractivity contribution < 1.29 is 14.6 Å². The highest BCUT2D eigenvalue weighted by Crippen LogP contribution is 2.48. The number of alkyl halides is 1. The Kier molecular flexibility index (Phi) is 4.34. The first-order valence-corrected chi connectivity index (χ1v) is 7.44. The average Bonchev–Trinajstić information content (AvgIpc) is 3.17. The fraction of sp³-hybridized carbons (Fsp3) is 0.500. The molecule has 0 saturated heterocycles. The molecular weight excluding hydrogens is 310 g/mol. The first-order valence-electron chi connectivity index (χ1n) is 6.32. The van der Waals surface area contributed by atoms with Crippen molar-refractivity contribution in [3.63, 3.8) is 0 Å². The van der Waals surface area contributed by atoms with Crippen LogP contribution in [0.25, 0.3) is 0 Å². The summed E-state index contributed by atoms with van der Waals surface area (Å²) in [5.74, 6) is -0.0423. The van der Waals surface area contributed by atoms with Gasteiger partial charge in [-0.25, -0.2) is 0 Å². The molecule has 5 heteroatoms. The summed E-state index contributed by atoms with van der Waals surface area (Å²) in [6, 6.07) is 4.91. The van der Waals surface area contributed by atoms with E-state index in [1.54, 1.807) is 18.2 Å². The van der Waals surface area contributed by atoms with Gasteiger partial charge in [-0.15, -0.1) is 0 Å². The van der Waals surface area contributed by atoms with Crippen molar-refractivity contribution in [2.24, 2.45) is 5.41 Å². The average molecular weight is 328 g/mol. The van der Waals surface area contributed by atoms with Crippen LogP contribution < -0.4 is 10.1 Å². The van der Waals surface area contributed by atoms with E-state index in [0.717, 1.165) is 24.6 Å². The zero-order chi connectivity index (χ0) is 13.9. The van der Waals surface area contributed by atoms with E-state index in [1.165, 1.54) is 7.11 Å². The first-order chi connectivity index (χ1) is 9.12. The van der Waals surface area contributed by atoms with Crippen LogP contribution in [0.5, 0.6) is 11.5 Å². The van der Waals surface area contributed by atoms with E-state index in [2.05, 4.69) is 21.2 Å². The molecule has 0 unspecified atom stereocenters. The van der Waals surface area contributed by atoms with Crippen molar-refractivity contribution in [3.05, 3.63) is 23.8 Å². The summed E-state index contributed by atoms with van der Waals surface area (Å²) in [6.07, 6.45) is 3.38. The zero-order valence-corrected chi connectivity index (χ0v) is 12.5. The molecule has 0 spiro atoms. The van der Waals surface area contributed by atoms with Crippen LogP contribution in [0, 0.1) is 5.41 Å². The Morgan fingerprint density at radius 3 is 2.84 bits per heavy atom. The van der Waals surface area contributed by atoms with Crippen molar-refractivity contribution in [1.29, 1.82) is 0 Å². The van der Waals surface area contributed by atoms with Gasteiger partial charge in [-0.05, 0) is 36.8 Å². The molecule has 2 N–H and O–H groups in total. The van der Waals surface area contributed by atoms with Gasteiger partial charge in [-0.3, -0.25) is 4.79 Å². The Bertz CT molecular complexity index is 472. The molecule has 0 atom stereocenters. The fourth-order valence-corrected chi connectivity index (χ4v) is 2.97. The van der Waals surface area contributed by atoms with Gasteiger partial charge >= 0.3 is 0 Å². The van der Waals surface area contributed by atoms with Crippen LogP contribution in [-0.4, -0.2) is 30.0 Å². The van der Waals surface area contributed by atoms with E-state index < -0.39 is 0 Å². The molecule has 19 heavy (non-hydrogen) atoms. The lowest BCUT2D eigenvalue weighted by atomic mass is 10.0. The predicted molar refractivity (Wildman–Crippen MR) is 77.1 cm³/mol. The number of hydrogen-bond donors (Lipinski definition) is 2. The molecule has 104 valence electrons. The Balaban J connectivity index is 2.00. The number of carbonyl (C=O) groups excluding carboxylic acids is 1. The van der Waals surface area contributed by atoms with Crippen LogP contribution in [0.4, 0.5) is 0 Å². The van der Waals surface area contributed by atoms with Gasteiger partial charge in [0.25, 0.3) is 5.91 Å². The second-order valence-corrected chi connectivity index (χ2v) is 5.77. The standard InChI is InChI=1S/C14H18BrNO3/c1-19-11-4-2-3-10(12(11)17)13(18)16-9-14(5-6-14)7-8-15/h2-4,17H,5-9H2,1H3,(H,16,18). The van der Waals surface area contributed by atoms with Gasteiger partial charge in [0.05, 0.1) is 12.7 Å². The number of phenols is 1. The van der Waals surface area contributed by atoms with E-state index >= 15 is 0 Å². The summed E-state index contributed by atoms with van der Waals surface area (Å²) in [5.41, 5.74) is 0.516. The van der Waals surface area contributed by atoms with Crippen LogP contribution in [0.3, 0.4) is 0 Å². The largest absolute Gasteiger partial charge is 0.504 e. The van der Waals surface area contributed by atoms with E-state index in [-0.39, 0.29) is 22.6 Å². The van der Waals surface area contributed by atoms with Crippen molar-refractivity contribution in [1.82, 2.24) is 5.32 Å². The molecule has 1 aromatic rings. The van der Waals surface area contributed by atoms with Crippen molar-refractivity contribution in [2.45, 2.75) is 19.3 Å². The molecule has 1 amide bonds. The summed E-state index contributed by atoms with van der Waals surface area (Å²) in [5, 5.41) is 13.8. The number of methoxy groups -OCH3 is 1. The third-order valence-electron chi connectivity index (χ3n) is 3.67. The zero-order valence-electron chi connectivity index (χ0n) is 10.9. The van der Waals surface area contributed by atoms with Crippen LogP contribution in [0.15, 0.2) is 18.2 Å². The van der Waals surface area contributed by atoms with Gasteiger partial charge in [0.15, 0.2) is 11.5 Å². The Hall–Kier alpha value is -1.23. The number of para-hydroxylation sites is 1. The second kappa shape index (κ2) is 5.82. The predicted octanol–water partition coefficient (Wildman–Crippen LogP) is 2.70. The van der Waals surface area contributed by atoms with E-state index in [1.807, 2.05) is 0 Å². The number of phenolic OH excluding ortho intramolecular Hbond substituents is 1. The normalized spacial score (nSPS) is 15.9.